The first-order chi connectivity index (χ1) is 12.1. The third-order valence-electron chi connectivity index (χ3n) is 0. The predicted octanol–water partition coefficient (Wildman–Crippen LogP) is -13.4. The zero-order valence-corrected chi connectivity index (χ0v) is 38.4. The van der Waals surface area contributed by atoms with Crippen LogP contribution in [0, 0.1) is 0 Å². The molecule has 0 aliphatic carbocycles. The summed E-state index contributed by atoms with van der Waals surface area (Å²) in [7, 11) is 0. The third kappa shape index (κ3) is 1150. The molecule has 0 saturated heterocycles. The summed E-state index contributed by atoms with van der Waals surface area (Å²) < 4.78 is 181. The van der Waals surface area contributed by atoms with Gasteiger partial charge in [0.15, 0.2) is 0 Å². The van der Waals surface area contributed by atoms with E-state index in [1.807, 2.05) is 0 Å². The molecule has 0 aromatic heterocycles. The summed E-state index contributed by atoms with van der Waals surface area (Å²) in [5.74, 6) is 0. The van der Waals surface area contributed by atoms with Crippen LogP contribution in [0.2, 0.25) is 0 Å². The molecule has 0 atom stereocenters. The van der Waals surface area contributed by atoms with E-state index >= 15 is 0 Å². The normalized spacial score (nSPS) is 5.65. The fourth-order valence-corrected chi connectivity index (χ4v) is 0. The molecule has 0 aliphatic rings. The molecule has 31 heavy (non-hydrogen) atoms. The first-order valence-corrected chi connectivity index (χ1v) is 22.7. The summed E-state index contributed by atoms with van der Waals surface area (Å²) in [6, 6.07) is 0. The van der Waals surface area contributed by atoms with Crippen LogP contribution in [0.25, 0.3) is 0 Å². The van der Waals surface area contributed by atoms with E-state index in [9.17, 15) is 0 Å². The van der Waals surface area contributed by atoms with Gasteiger partial charge < -0.3 is 0 Å². The molecule has 0 aromatic carbocycles. The van der Waals surface area contributed by atoms with Crippen LogP contribution in [0.5, 0.6) is 0 Å². The summed E-state index contributed by atoms with van der Waals surface area (Å²) in [5, 5.41) is 0. The van der Waals surface area contributed by atoms with Crippen molar-refractivity contribution in [2.75, 3.05) is 0 Å². The van der Waals surface area contributed by atoms with Gasteiger partial charge in [-0.2, -0.15) is 0 Å². The molecule has 0 unspecified atom stereocenters. The van der Waals surface area contributed by atoms with Crippen molar-refractivity contribution in [3.8, 4) is 0 Å². The van der Waals surface area contributed by atoms with E-state index in [4.69, 9.17) is 70.8 Å². The molecule has 0 aliphatic heterocycles. The zero-order chi connectivity index (χ0) is 25.0. The molecule has 168 valence electrons. The van der Waals surface area contributed by atoms with E-state index in [-0.39, 0.29) is 122 Å². The van der Waals surface area contributed by atoms with Gasteiger partial charge in [-0.1, -0.05) is 0 Å². The molecular weight excluding hydrogens is 1210 g/mol. The number of hydrogen-bond donors (Lipinski definition) is 0. The molecule has 31 heteroatoms. The zero-order valence-electron chi connectivity index (χ0n) is 13.9. The maximum absolute atomic E-state index is 8.60. The first kappa shape index (κ1) is 65.8. The number of hydrogen-bond acceptors (Lipinski definition) is 21. The molecule has 0 spiro atoms. The Morgan fingerprint density at radius 1 is 0.290 bits per heavy atom. The molecule has 0 bridgehead atoms. The van der Waals surface area contributed by atoms with Gasteiger partial charge in [-0.15, -0.1) is 0 Å². The fraction of sp³-hybridized carbons (Fsp3) is 0. The Kier molecular flexibility index (Phi) is 128. The second-order valence-corrected chi connectivity index (χ2v) is 9.26. The Labute approximate surface area is 315 Å². The van der Waals surface area contributed by atoms with E-state index in [2.05, 4.69) is 0 Å². The molecule has 0 N–H and O–H groups in total. The predicted molar refractivity (Wildman–Crippen MR) is 15.4 cm³/mol. The van der Waals surface area contributed by atoms with Crippen LogP contribution >= 0.6 is 0 Å². The topological polar surface area (TPSA) is 400 Å². The molecule has 0 fully saturated rings. The average molecular weight is 1210 g/mol. The number of rotatable bonds is 0. The van der Waals surface area contributed by atoms with Crippen LogP contribution in [0.1, 0.15) is 0 Å². The maximum atomic E-state index is 8.60. The van der Waals surface area contributed by atoms with Gasteiger partial charge in [0, 0.05) is 0 Å². The van der Waals surface area contributed by atoms with Gasteiger partial charge in [0.25, 0.3) is 0 Å². The summed E-state index contributed by atoms with van der Waals surface area (Å²) in [5.41, 5.74) is 0. The fourth-order valence-electron chi connectivity index (χ4n) is 0. The van der Waals surface area contributed by atoms with Crippen molar-refractivity contribution in [2.24, 2.45) is 0 Å². The van der Waals surface area contributed by atoms with Crippen LogP contribution in [-0.4, -0.2) is 48.9 Å². The molecule has 0 aromatic rings. The maximum Gasteiger partial charge on any atom is 4.00 e. The second kappa shape index (κ2) is 60.5. The van der Waals surface area contributed by atoms with Crippen LogP contribution in [0.15, 0.2) is 0 Å². The van der Waals surface area contributed by atoms with Crippen molar-refractivity contribution >= 4 is 48.9 Å². The van der Waals surface area contributed by atoms with Gasteiger partial charge in [-0.25, -0.2) is 0 Å². The largest absolute Gasteiger partial charge is 4.00 e. The Balaban J connectivity index is -0.0000000204. The molecule has 0 heterocycles. The van der Waals surface area contributed by atoms with Gasteiger partial charge in [-0.05, 0) is 0 Å². The summed E-state index contributed by atoms with van der Waals surface area (Å²) in [6.07, 6.45) is 0. The van der Waals surface area contributed by atoms with Crippen LogP contribution < -0.4 is 76.7 Å². The first-order valence-electron chi connectivity index (χ1n) is 3.83. The van der Waals surface area contributed by atoms with E-state index in [0.717, 1.165) is 0 Å². The molecular formula is BaKNb7O21Ti. The Bertz CT molecular complexity index is 577. The van der Waals surface area contributed by atoms with Crippen molar-refractivity contribution in [2.45, 2.75) is 0 Å². The SMILES string of the molecule is [Ba+2].[K+].[O]=[Nb](=[O])[O-].[O]=[Nb](=[O])[O-].[O]=[Nb](=[O])[O-].[O]=[Nb](=[O])[O-].[O]=[Nb](=[O])[O-].[O]=[Nb](=[O])[O-].[O]=[Nb](=[O])[O-].[Ti+4]. The minimum Gasteiger partial charge on any atom is 4.00 e. The molecule has 0 radical (unpaired) electrons. The Morgan fingerprint density at radius 2 is 0.290 bits per heavy atom. The van der Waals surface area contributed by atoms with Crippen molar-refractivity contribution < 1.29 is 275 Å². The third-order valence-corrected chi connectivity index (χ3v) is 0. The summed E-state index contributed by atoms with van der Waals surface area (Å²) in [6.45, 7) is 0. The smallest absolute Gasteiger partial charge is 4.00 e. The van der Waals surface area contributed by atoms with Gasteiger partial charge in [0.05, 0.1) is 0 Å². The second-order valence-electron chi connectivity index (χ2n) is 1.57. The molecule has 0 saturated carbocycles. The van der Waals surface area contributed by atoms with Crippen molar-refractivity contribution in [3.05, 3.63) is 0 Å². The van der Waals surface area contributed by atoms with Crippen molar-refractivity contribution in [3.63, 3.8) is 0 Å². The monoisotopic (exact) mass is 1210 g/mol. The van der Waals surface area contributed by atoms with Crippen molar-refractivity contribution in [1.29, 1.82) is 0 Å². The van der Waals surface area contributed by atoms with Crippen LogP contribution in [0.3, 0.4) is 0 Å². The van der Waals surface area contributed by atoms with Crippen LogP contribution in [0.4, 0.5) is 0 Å². The average Bonchev–Trinajstić information content (AvgIpc) is 2.20. The van der Waals surface area contributed by atoms with E-state index < -0.39 is 131 Å². The van der Waals surface area contributed by atoms with E-state index in [0.29, 0.717) is 0 Å². The molecule has 0 amide bonds. The standard InChI is InChI=1S/Ba.K.7Nb.21O.Ti/q+2;+1;;;;;;;;;;;;;;;;;;;;;;7*-1;+4. The van der Waals surface area contributed by atoms with Gasteiger partial charge in [0.1, 0.15) is 0 Å². The van der Waals surface area contributed by atoms with Crippen LogP contribution in [-0.2, 0) is 199 Å². The van der Waals surface area contributed by atoms with Gasteiger partial charge in [-0.3, -0.25) is 0 Å². The minimum absolute atomic E-state index is 0. The Hall–Kier alpha value is 6.02. The summed E-state index contributed by atoms with van der Waals surface area (Å²) in [4.78, 5) is 0. The van der Waals surface area contributed by atoms with Gasteiger partial charge in [0.2, 0.25) is 0 Å². The Morgan fingerprint density at radius 3 is 0.290 bits per heavy atom. The van der Waals surface area contributed by atoms with E-state index in [1.165, 1.54) is 0 Å². The molecule has 21 nitrogen and oxygen atoms in total. The van der Waals surface area contributed by atoms with Gasteiger partial charge >= 0.3 is 324 Å². The van der Waals surface area contributed by atoms with Crippen molar-refractivity contribution in [1.82, 2.24) is 0 Å². The summed E-state index contributed by atoms with van der Waals surface area (Å²) >= 11 is -29.4. The molecule has 0 rings (SSSR count). The van der Waals surface area contributed by atoms with E-state index in [1.54, 1.807) is 0 Å². The quantitative estimate of drug-likeness (QED) is 0.203. The minimum atomic E-state index is -4.20.